The van der Waals surface area contributed by atoms with Crippen molar-refractivity contribution in [2.45, 2.75) is 11.8 Å². The Morgan fingerprint density at radius 1 is 1.29 bits per heavy atom. The highest BCUT2D eigenvalue weighted by atomic mass is 32.2. The molecule has 0 bridgehead atoms. The second-order valence-corrected chi connectivity index (χ2v) is 4.31. The molecular weight excluding hydrogens is 238 g/mol. The van der Waals surface area contributed by atoms with E-state index in [1.165, 1.54) is 11.8 Å². The molecule has 0 aromatic heterocycles. The maximum atomic E-state index is 11.4. The first kappa shape index (κ1) is 13.4. The predicted octanol–water partition coefficient (Wildman–Crippen LogP) is 1.21. The van der Waals surface area contributed by atoms with Crippen molar-refractivity contribution in [2.75, 3.05) is 18.0 Å². The number of urea groups is 1. The highest BCUT2D eigenvalue weighted by molar-refractivity contribution is 8.00. The number of thioether (sulfide) groups is 1. The number of hydrogen-bond donors (Lipinski definition) is 3. The third-order valence-electron chi connectivity index (χ3n) is 1.84. The molecule has 92 valence electrons. The van der Waals surface area contributed by atoms with Gasteiger partial charge in [0.25, 0.3) is 0 Å². The van der Waals surface area contributed by atoms with Crippen molar-refractivity contribution >= 4 is 29.4 Å². The van der Waals surface area contributed by atoms with Gasteiger partial charge in [0, 0.05) is 17.1 Å². The first-order valence-electron chi connectivity index (χ1n) is 5.18. The van der Waals surface area contributed by atoms with Crippen LogP contribution >= 0.6 is 11.8 Å². The minimum atomic E-state index is -0.463. The number of rotatable bonds is 4. The highest BCUT2D eigenvalue weighted by Gasteiger charge is 2.06. The van der Waals surface area contributed by atoms with E-state index >= 15 is 0 Å². The van der Waals surface area contributed by atoms with E-state index in [9.17, 15) is 9.59 Å². The van der Waals surface area contributed by atoms with Crippen LogP contribution in [0, 0.1) is 0 Å². The second kappa shape index (κ2) is 6.80. The van der Waals surface area contributed by atoms with Crippen LogP contribution in [0.2, 0.25) is 0 Å². The number of hydrogen-bond acceptors (Lipinski definition) is 4. The van der Waals surface area contributed by atoms with Gasteiger partial charge in [-0.1, -0.05) is 0 Å². The highest BCUT2D eigenvalue weighted by Crippen LogP contribution is 2.18. The number of imide groups is 1. The monoisotopic (exact) mass is 253 g/mol. The molecule has 1 rings (SSSR count). The summed E-state index contributed by atoms with van der Waals surface area (Å²) in [4.78, 5) is 23.3. The van der Waals surface area contributed by atoms with Crippen LogP contribution in [0.1, 0.15) is 6.92 Å². The molecule has 5 nitrogen and oxygen atoms in total. The van der Waals surface area contributed by atoms with Gasteiger partial charge in [-0.15, -0.1) is 11.8 Å². The first-order valence-corrected chi connectivity index (χ1v) is 6.16. The smallest absolute Gasteiger partial charge is 0.321 e. The average molecular weight is 253 g/mol. The lowest BCUT2D eigenvalue weighted by molar-refractivity contribution is -0.117. The predicted molar refractivity (Wildman–Crippen MR) is 68.8 cm³/mol. The van der Waals surface area contributed by atoms with E-state index in [1.807, 2.05) is 12.1 Å². The fourth-order valence-corrected chi connectivity index (χ4v) is 1.78. The molecule has 6 heteroatoms. The second-order valence-electron chi connectivity index (χ2n) is 3.27. The van der Waals surface area contributed by atoms with E-state index < -0.39 is 6.03 Å². The SMILES string of the molecule is CCNC(=O)NC(=O)CSc1ccc(N)cc1. The molecule has 1 aromatic rings. The fourth-order valence-electron chi connectivity index (χ4n) is 1.08. The molecule has 1 aromatic carbocycles. The number of nitrogens with one attached hydrogen (secondary N) is 2. The molecule has 0 unspecified atom stereocenters. The maximum Gasteiger partial charge on any atom is 0.321 e. The van der Waals surface area contributed by atoms with Gasteiger partial charge < -0.3 is 11.1 Å². The van der Waals surface area contributed by atoms with Crippen molar-refractivity contribution in [1.82, 2.24) is 10.6 Å². The normalized spacial score (nSPS) is 9.71. The quantitative estimate of drug-likeness (QED) is 0.556. The van der Waals surface area contributed by atoms with Crippen LogP contribution in [-0.2, 0) is 4.79 Å². The molecule has 0 saturated carbocycles. The molecule has 3 amide bonds. The number of carbonyl (C=O) groups excluding carboxylic acids is 2. The van der Waals surface area contributed by atoms with Crippen molar-refractivity contribution in [3.05, 3.63) is 24.3 Å². The lowest BCUT2D eigenvalue weighted by Crippen LogP contribution is -2.40. The van der Waals surface area contributed by atoms with Crippen molar-refractivity contribution in [1.29, 1.82) is 0 Å². The molecule has 0 aliphatic carbocycles. The minimum Gasteiger partial charge on any atom is -0.399 e. The molecule has 17 heavy (non-hydrogen) atoms. The summed E-state index contributed by atoms with van der Waals surface area (Å²) in [5.41, 5.74) is 6.22. The number of benzene rings is 1. The Bertz CT molecular complexity index is 392. The maximum absolute atomic E-state index is 11.4. The summed E-state index contributed by atoms with van der Waals surface area (Å²) in [6.07, 6.45) is 0. The van der Waals surface area contributed by atoms with Crippen LogP contribution in [0.15, 0.2) is 29.2 Å². The molecule has 0 radical (unpaired) electrons. The Labute approximate surface area is 104 Å². The summed E-state index contributed by atoms with van der Waals surface area (Å²) in [6, 6.07) is 6.74. The number of anilines is 1. The summed E-state index contributed by atoms with van der Waals surface area (Å²) in [5.74, 6) is -0.126. The van der Waals surface area contributed by atoms with Crippen LogP contribution < -0.4 is 16.4 Å². The van der Waals surface area contributed by atoms with Crippen molar-refractivity contribution in [3.8, 4) is 0 Å². The summed E-state index contributed by atoms with van der Waals surface area (Å²) >= 11 is 1.35. The van der Waals surface area contributed by atoms with E-state index in [0.29, 0.717) is 12.2 Å². The minimum absolute atomic E-state index is 0.195. The first-order chi connectivity index (χ1) is 8.11. The molecule has 0 fully saturated rings. The Balaban J connectivity index is 2.33. The molecule has 4 N–H and O–H groups in total. The number of nitrogen functional groups attached to an aromatic ring is 1. The van der Waals surface area contributed by atoms with Crippen LogP contribution in [0.25, 0.3) is 0 Å². The zero-order chi connectivity index (χ0) is 12.7. The fraction of sp³-hybridized carbons (Fsp3) is 0.273. The van der Waals surface area contributed by atoms with Gasteiger partial charge in [0.05, 0.1) is 5.75 Å². The van der Waals surface area contributed by atoms with Gasteiger partial charge >= 0.3 is 6.03 Å². The summed E-state index contributed by atoms with van der Waals surface area (Å²) < 4.78 is 0. The summed E-state index contributed by atoms with van der Waals surface area (Å²) in [6.45, 7) is 2.28. The van der Waals surface area contributed by atoms with Gasteiger partial charge in [-0.25, -0.2) is 4.79 Å². The molecule has 0 atom stereocenters. The van der Waals surface area contributed by atoms with Gasteiger partial charge in [0.15, 0.2) is 0 Å². The lowest BCUT2D eigenvalue weighted by Gasteiger charge is -2.04. The lowest BCUT2D eigenvalue weighted by atomic mass is 10.3. The van der Waals surface area contributed by atoms with Gasteiger partial charge in [-0.2, -0.15) is 0 Å². The summed E-state index contributed by atoms with van der Waals surface area (Å²) in [7, 11) is 0. The van der Waals surface area contributed by atoms with E-state index in [-0.39, 0.29) is 11.7 Å². The van der Waals surface area contributed by atoms with Crippen molar-refractivity contribution in [3.63, 3.8) is 0 Å². The van der Waals surface area contributed by atoms with Crippen molar-refractivity contribution < 1.29 is 9.59 Å². The van der Waals surface area contributed by atoms with Gasteiger partial charge in [-0.3, -0.25) is 10.1 Å². The molecule has 0 saturated heterocycles. The van der Waals surface area contributed by atoms with E-state index in [2.05, 4.69) is 10.6 Å². The molecule has 0 aliphatic heterocycles. The average Bonchev–Trinajstić information content (AvgIpc) is 2.28. The zero-order valence-electron chi connectivity index (χ0n) is 9.53. The van der Waals surface area contributed by atoms with Crippen LogP contribution in [-0.4, -0.2) is 24.2 Å². The Morgan fingerprint density at radius 2 is 1.94 bits per heavy atom. The Morgan fingerprint density at radius 3 is 2.53 bits per heavy atom. The van der Waals surface area contributed by atoms with Gasteiger partial charge in [-0.05, 0) is 31.2 Å². The number of nitrogens with two attached hydrogens (primary N) is 1. The summed E-state index contributed by atoms with van der Waals surface area (Å²) in [5, 5.41) is 4.71. The Kier molecular flexibility index (Phi) is 5.35. The van der Waals surface area contributed by atoms with E-state index in [0.717, 1.165) is 4.90 Å². The van der Waals surface area contributed by atoms with E-state index in [4.69, 9.17) is 5.73 Å². The zero-order valence-corrected chi connectivity index (χ0v) is 10.3. The van der Waals surface area contributed by atoms with E-state index in [1.54, 1.807) is 19.1 Å². The Hall–Kier alpha value is -1.69. The number of amides is 3. The topological polar surface area (TPSA) is 84.2 Å². The van der Waals surface area contributed by atoms with Crippen molar-refractivity contribution in [2.24, 2.45) is 0 Å². The molecular formula is C11H15N3O2S. The van der Waals surface area contributed by atoms with Gasteiger partial charge in [0.2, 0.25) is 5.91 Å². The van der Waals surface area contributed by atoms with Gasteiger partial charge in [0.1, 0.15) is 0 Å². The van der Waals surface area contributed by atoms with Crippen LogP contribution in [0.4, 0.5) is 10.5 Å². The van der Waals surface area contributed by atoms with Crippen LogP contribution in [0.5, 0.6) is 0 Å². The number of carbonyl (C=O) groups is 2. The standard InChI is InChI=1S/C11H15N3O2S/c1-2-13-11(16)14-10(15)7-17-9-5-3-8(12)4-6-9/h3-6H,2,7,12H2,1H3,(H2,13,14,15,16). The third kappa shape index (κ3) is 5.26. The molecule has 0 spiro atoms. The third-order valence-corrected chi connectivity index (χ3v) is 2.85. The largest absolute Gasteiger partial charge is 0.399 e. The molecule has 0 aliphatic rings. The van der Waals surface area contributed by atoms with Crippen LogP contribution in [0.3, 0.4) is 0 Å². The molecule has 0 heterocycles.